The minimum atomic E-state index is -3.13. The molecular formula is C15H20Cl2F2N2O2. The van der Waals surface area contributed by atoms with Crippen LogP contribution in [0.15, 0.2) is 18.2 Å². The smallest absolute Gasteiger partial charge is 0.407 e. The van der Waals surface area contributed by atoms with Crippen LogP contribution in [0.2, 0.25) is 10.0 Å². The van der Waals surface area contributed by atoms with Crippen LogP contribution >= 0.6 is 23.2 Å². The molecule has 1 aromatic carbocycles. The number of rotatable bonds is 6. The maximum Gasteiger partial charge on any atom is 0.407 e. The molecule has 0 unspecified atom stereocenters. The van der Waals surface area contributed by atoms with Crippen molar-refractivity contribution in [3.05, 3.63) is 33.8 Å². The fourth-order valence-electron chi connectivity index (χ4n) is 1.65. The lowest BCUT2D eigenvalue weighted by Crippen LogP contribution is -2.44. The first-order valence-corrected chi connectivity index (χ1v) is 7.74. The van der Waals surface area contributed by atoms with Crippen LogP contribution in [0.1, 0.15) is 26.3 Å². The van der Waals surface area contributed by atoms with Crippen molar-refractivity contribution in [2.75, 3.05) is 13.1 Å². The highest BCUT2D eigenvalue weighted by Crippen LogP contribution is 2.24. The normalized spacial score (nSPS) is 12.1. The molecule has 0 bridgehead atoms. The van der Waals surface area contributed by atoms with E-state index in [2.05, 4.69) is 5.32 Å². The molecule has 1 amide bonds. The summed E-state index contributed by atoms with van der Waals surface area (Å²) >= 11 is 11.9. The molecule has 23 heavy (non-hydrogen) atoms. The van der Waals surface area contributed by atoms with Gasteiger partial charge in [0, 0.05) is 22.2 Å². The Morgan fingerprint density at radius 3 is 2.26 bits per heavy atom. The Hall–Kier alpha value is -1.11. The number of halogens is 4. The summed E-state index contributed by atoms with van der Waals surface area (Å²) in [4.78, 5) is 11.4. The highest BCUT2D eigenvalue weighted by Gasteiger charge is 2.30. The number of benzene rings is 1. The van der Waals surface area contributed by atoms with E-state index in [0.29, 0.717) is 15.6 Å². The van der Waals surface area contributed by atoms with Crippen molar-refractivity contribution in [1.82, 2.24) is 10.6 Å². The fourth-order valence-corrected chi connectivity index (χ4v) is 2.18. The summed E-state index contributed by atoms with van der Waals surface area (Å²) in [6.45, 7) is 3.59. The summed E-state index contributed by atoms with van der Waals surface area (Å²) in [5.74, 6) is -3.13. The minimum Gasteiger partial charge on any atom is -0.444 e. The van der Waals surface area contributed by atoms with Crippen molar-refractivity contribution >= 4 is 29.3 Å². The van der Waals surface area contributed by atoms with E-state index in [0.717, 1.165) is 0 Å². The zero-order valence-corrected chi connectivity index (χ0v) is 14.7. The highest BCUT2D eigenvalue weighted by atomic mass is 35.5. The third kappa shape index (κ3) is 7.81. The molecule has 8 heteroatoms. The molecule has 0 radical (unpaired) electrons. The maximum absolute atomic E-state index is 13.7. The molecule has 0 spiro atoms. The molecule has 0 saturated heterocycles. The fraction of sp³-hybridized carbons (Fsp3) is 0.533. The monoisotopic (exact) mass is 368 g/mol. The summed E-state index contributed by atoms with van der Waals surface area (Å²) in [5.41, 5.74) is -0.190. The number of carbonyl (C=O) groups is 1. The van der Waals surface area contributed by atoms with E-state index < -0.39 is 30.7 Å². The molecular weight excluding hydrogens is 349 g/mol. The molecule has 0 heterocycles. The number of hydrogen-bond donors (Lipinski definition) is 2. The van der Waals surface area contributed by atoms with Gasteiger partial charge in [0.05, 0.1) is 13.1 Å². The molecule has 0 aromatic heterocycles. The summed E-state index contributed by atoms with van der Waals surface area (Å²) < 4.78 is 32.3. The number of amides is 1. The van der Waals surface area contributed by atoms with E-state index in [4.69, 9.17) is 27.9 Å². The summed E-state index contributed by atoms with van der Waals surface area (Å²) in [5, 5.41) is 5.44. The van der Waals surface area contributed by atoms with Crippen LogP contribution in [-0.2, 0) is 11.3 Å². The summed E-state index contributed by atoms with van der Waals surface area (Å²) in [6, 6.07) is 4.94. The highest BCUT2D eigenvalue weighted by molar-refractivity contribution is 6.35. The van der Waals surface area contributed by atoms with Gasteiger partial charge in [-0.2, -0.15) is 0 Å². The molecule has 0 aliphatic rings. The van der Waals surface area contributed by atoms with Crippen molar-refractivity contribution in [2.45, 2.75) is 38.8 Å². The molecule has 0 atom stereocenters. The van der Waals surface area contributed by atoms with E-state index in [1.807, 2.05) is 5.32 Å². The third-order valence-electron chi connectivity index (χ3n) is 2.64. The number of carbonyl (C=O) groups excluding carboxylic acids is 1. The molecule has 1 aromatic rings. The van der Waals surface area contributed by atoms with Crippen LogP contribution in [0.4, 0.5) is 13.6 Å². The van der Waals surface area contributed by atoms with Crippen LogP contribution in [-0.4, -0.2) is 30.7 Å². The maximum atomic E-state index is 13.7. The van der Waals surface area contributed by atoms with Crippen LogP contribution in [0.3, 0.4) is 0 Å². The number of alkyl halides is 2. The second kappa shape index (κ2) is 8.13. The Kier molecular flexibility index (Phi) is 7.04. The first-order valence-electron chi connectivity index (χ1n) is 6.98. The Morgan fingerprint density at radius 1 is 1.17 bits per heavy atom. The average molecular weight is 369 g/mol. The lowest BCUT2D eigenvalue weighted by Gasteiger charge is -2.22. The molecule has 4 nitrogen and oxygen atoms in total. The van der Waals surface area contributed by atoms with Crippen molar-refractivity contribution in [2.24, 2.45) is 0 Å². The van der Waals surface area contributed by atoms with Crippen LogP contribution in [0.25, 0.3) is 0 Å². The van der Waals surface area contributed by atoms with E-state index >= 15 is 0 Å². The van der Waals surface area contributed by atoms with Crippen molar-refractivity contribution in [3.8, 4) is 0 Å². The Labute approximate surface area is 144 Å². The number of alkyl carbamates (subject to hydrolysis) is 1. The van der Waals surface area contributed by atoms with Gasteiger partial charge < -0.3 is 15.4 Å². The standard InChI is InChI=1S/C15H20Cl2F2N2O2/c1-14(2,3)23-13(22)21-9-15(18,19)8-20-7-10-11(16)5-4-6-12(10)17/h4-6,20H,7-9H2,1-3H3,(H,21,22). The van der Waals surface area contributed by atoms with Crippen molar-refractivity contribution in [3.63, 3.8) is 0 Å². The SMILES string of the molecule is CC(C)(C)OC(=O)NCC(F)(F)CNCc1c(Cl)cccc1Cl. The molecule has 0 aliphatic heterocycles. The van der Waals surface area contributed by atoms with Crippen LogP contribution in [0, 0.1) is 0 Å². The molecule has 2 N–H and O–H groups in total. The second-order valence-corrected chi connectivity index (χ2v) is 6.83. The average Bonchev–Trinajstić information content (AvgIpc) is 2.38. The lowest BCUT2D eigenvalue weighted by atomic mass is 10.2. The van der Waals surface area contributed by atoms with Gasteiger partial charge >= 0.3 is 6.09 Å². The van der Waals surface area contributed by atoms with E-state index in [1.54, 1.807) is 39.0 Å². The molecule has 0 fully saturated rings. The Balaban J connectivity index is 2.42. The molecule has 0 aliphatic carbocycles. The van der Waals surface area contributed by atoms with Gasteiger partial charge in [-0.3, -0.25) is 0 Å². The van der Waals surface area contributed by atoms with Gasteiger partial charge in [0.25, 0.3) is 5.92 Å². The van der Waals surface area contributed by atoms with Gasteiger partial charge in [-0.1, -0.05) is 29.3 Å². The van der Waals surface area contributed by atoms with Gasteiger partial charge in [0.2, 0.25) is 0 Å². The number of hydrogen-bond acceptors (Lipinski definition) is 3. The summed E-state index contributed by atoms with van der Waals surface area (Å²) in [7, 11) is 0. The van der Waals surface area contributed by atoms with E-state index in [-0.39, 0.29) is 6.54 Å². The van der Waals surface area contributed by atoms with Gasteiger partial charge in [-0.25, -0.2) is 13.6 Å². The van der Waals surface area contributed by atoms with Gasteiger partial charge in [0.1, 0.15) is 5.60 Å². The van der Waals surface area contributed by atoms with Crippen LogP contribution in [0.5, 0.6) is 0 Å². The largest absolute Gasteiger partial charge is 0.444 e. The third-order valence-corrected chi connectivity index (χ3v) is 3.35. The van der Waals surface area contributed by atoms with E-state index in [1.165, 1.54) is 0 Å². The molecule has 0 saturated carbocycles. The molecule has 130 valence electrons. The predicted octanol–water partition coefficient (Wildman–Crippen LogP) is 4.24. The quantitative estimate of drug-likeness (QED) is 0.789. The lowest BCUT2D eigenvalue weighted by molar-refractivity contribution is -0.00376. The van der Waals surface area contributed by atoms with Gasteiger partial charge in [0.15, 0.2) is 0 Å². The Morgan fingerprint density at radius 2 is 1.74 bits per heavy atom. The predicted molar refractivity (Wildman–Crippen MR) is 87.4 cm³/mol. The molecule has 1 rings (SSSR count). The Bertz CT molecular complexity index is 529. The minimum absolute atomic E-state index is 0.0978. The number of ether oxygens (including phenoxy) is 1. The zero-order valence-electron chi connectivity index (χ0n) is 13.2. The van der Waals surface area contributed by atoms with Gasteiger partial charge in [-0.05, 0) is 32.9 Å². The zero-order chi connectivity index (χ0) is 17.7. The van der Waals surface area contributed by atoms with Crippen molar-refractivity contribution in [1.29, 1.82) is 0 Å². The summed E-state index contributed by atoms with van der Waals surface area (Å²) in [6.07, 6.45) is -0.883. The van der Waals surface area contributed by atoms with E-state index in [9.17, 15) is 13.6 Å². The van der Waals surface area contributed by atoms with Crippen molar-refractivity contribution < 1.29 is 18.3 Å². The van der Waals surface area contributed by atoms with Crippen LogP contribution < -0.4 is 10.6 Å². The second-order valence-electron chi connectivity index (χ2n) is 6.02. The van der Waals surface area contributed by atoms with Gasteiger partial charge in [-0.15, -0.1) is 0 Å². The first-order chi connectivity index (χ1) is 10.5. The first kappa shape index (κ1) is 19.9. The topological polar surface area (TPSA) is 50.4 Å². The number of nitrogens with one attached hydrogen (secondary N) is 2.